The van der Waals surface area contributed by atoms with E-state index in [9.17, 15) is 4.79 Å². The normalized spacial score (nSPS) is 38.2. The molecule has 1 aliphatic heterocycles. The fourth-order valence-electron chi connectivity index (χ4n) is 5.39. The Morgan fingerprint density at radius 1 is 1.09 bits per heavy atom. The molecule has 0 saturated heterocycles. The highest BCUT2D eigenvalue weighted by Gasteiger charge is 2.59. The summed E-state index contributed by atoms with van der Waals surface area (Å²) in [5, 5.41) is 2.75. The highest BCUT2D eigenvalue weighted by molar-refractivity contribution is 8.13. The molecular weight excluding hydrogens is 306 g/mol. The molecule has 3 aliphatic carbocycles. The Hall–Kier alpha value is -0.550. The van der Waals surface area contributed by atoms with Gasteiger partial charge in [0.05, 0.1) is 0 Å². The molecule has 0 bridgehead atoms. The first-order valence-corrected chi connectivity index (χ1v) is 10.7. The van der Waals surface area contributed by atoms with E-state index in [4.69, 9.17) is 4.99 Å². The molecule has 1 spiro atoms. The molecule has 1 amide bonds. The zero-order valence-corrected chi connectivity index (χ0v) is 15.0. The van der Waals surface area contributed by atoms with Gasteiger partial charge >= 0.3 is 0 Å². The van der Waals surface area contributed by atoms with Gasteiger partial charge in [0.1, 0.15) is 5.54 Å². The van der Waals surface area contributed by atoms with E-state index in [1.165, 1.54) is 64.2 Å². The van der Waals surface area contributed by atoms with Crippen LogP contribution in [0.15, 0.2) is 4.99 Å². The minimum atomic E-state index is -0.425. The van der Waals surface area contributed by atoms with Gasteiger partial charge in [0.25, 0.3) is 5.91 Å². The first-order chi connectivity index (χ1) is 11.2. The number of aliphatic imine (C=N–C) groups is 1. The summed E-state index contributed by atoms with van der Waals surface area (Å²) in [6.07, 6.45) is 15.6. The molecule has 0 aromatic carbocycles. The van der Waals surface area contributed by atoms with Crippen molar-refractivity contribution in [2.24, 2.45) is 16.8 Å². The van der Waals surface area contributed by atoms with Crippen LogP contribution in [0.5, 0.6) is 0 Å². The second-order valence-corrected chi connectivity index (χ2v) is 8.59. The SMILES string of the molecule is CSC1=NC2(CCC3CCCCC32)C(=O)N1NC1CCCCC1. The maximum atomic E-state index is 13.4. The standard InChI is InChI=1S/C18H29N3OS/c1-23-17-19-18(12-11-13-7-5-6-10-15(13)18)16(22)21(17)20-14-8-3-2-4-9-14/h13-15,20H,2-12H2,1H3. The van der Waals surface area contributed by atoms with E-state index < -0.39 is 5.54 Å². The van der Waals surface area contributed by atoms with Crippen LogP contribution in [-0.4, -0.2) is 33.9 Å². The van der Waals surface area contributed by atoms with Crippen molar-refractivity contribution >= 4 is 22.8 Å². The van der Waals surface area contributed by atoms with E-state index in [1.807, 2.05) is 11.3 Å². The Bertz CT molecular complexity index is 502. The summed E-state index contributed by atoms with van der Waals surface area (Å²) < 4.78 is 0. The summed E-state index contributed by atoms with van der Waals surface area (Å²) in [6, 6.07) is 0.448. The van der Waals surface area contributed by atoms with Crippen LogP contribution in [0.1, 0.15) is 70.6 Å². The van der Waals surface area contributed by atoms with Crippen molar-refractivity contribution in [3.63, 3.8) is 0 Å². The topological polar surface area (TPSA) is 44.7 Å². The number of hydrogen-bond acceptors (Lipinski definition) is 4. The number of carbonyl (C=O) groups is 1. The molecule has 3 atom stereocenters. The lowest BCUT2D eigenvalue weighted by atomic mass is 9.74. The van der Waals surface area contributed by atoms with Gasteiger partial charge in [-0.1, -0.05) is 50.3 Å². The number of rotatable bonds is 2. The summed E-state index contributed by atoms with van der Waals surface area (Å²) in [4.78, 5) is 18.4. The Labute approximate surface area is 143 Å². The molecule has 1 N–H and O–H groups in total. The number of nitrogens with one attached hydrogen (secondary N) is 1. The Balaban J connectivity index is 1.56. The van der Waals surface area contributed by atoms with Crippen LogP contribution in [0.4, 0.5) is 0 Å². The minimum absolute atomic E-state index is 0.252. The van der Waals surface area contributed by atoms with Crippen molar-refractivity contribution in [1.29, 1.82) is 0 Å². The molecule has 128 valence electrons. The number of amides is 1. The summed E-state index contributed by atoms with van der Waals surface area (Å²) in [5.74, 6) is 1.47. The highest BCUT2D eigenvalue weighted by Crippen LogP contribution is 2.53. The lowest BCUT2D eigenvalue weighted by Gasteiger charge is -2.34. The van der Waals surface area contributed by atoms with Gasteiger partial charge in [-0.15, -0.1) is 0 Å². The van der Waals surface area contributed by atoms with Crippen LogP contribution < -0.4 is 5.43 Å². The molecule has 5 heteroatoms. The molecule has 0 aromatic rings. The average molecular weight is 336 g/mol. The van der Waals surface area contributed by atoms with Crippen LogP contribution in [0.3, 0.4) is 0 Å². The van der Waals surface area contributed by atoms with Crippen molar-refractivity contribution in [1.82, 2.24) is 10.4 Å². The summed E-state index contributed by atoms with van der Waals surface area (Å²) in [5.41, 5.74) is 3.12. The predicted octanol–water partition coefficient (Wildman–Crippen LogP) is 3.72. The van der Waals surface area contributed by atoms with Crippen molar-refractivity contribution in [2.75, 3.05) is 6.26 Å². The first-order valence-electron chi connectivity index (χ1n) is 9.49. The van der Waals surface area contributed by atoms with Crippen LogP contribution in [0.2, 0.25) is 0 Å². The van der Waals surface area contributed by atoms with E-state index in [0.717, 1.165) is 17.5 Å². The molecule has 4 rings (SSSR count). The molecular formula is C18H29N3OS. The van der Waals surface area contributed by atoms with E-state index in [-0.39, 0.29) is 5.91 Å². The quantitative estimate of drug-likeness (QED) is 0.836. The fraction of sp³-hybridized carbons (Fsp3) is 0.889. The molecule has 4 nitrogen and oxygen atoms in total. The summed E-state index contributed by atoms with van der Waals surface area (Å²) in [6.45, 7) is 0. The number of amidine groups is 1. The maximum Gasteiger partial charge on any atom is 0.271 e. The van der Waals surface area contributed by atoms with Crippen LogP contribution in [0, 0.1) is 11.8 Å². The minimum Gasteiger partial charge on any atom is -0.270 e. The van der Waals surface area contributed by atoms with Gasteiger partial charge in [-0.05, 0) is 50.2 Å². The molecule has 4 aliphatic rings. The van der Waals surface area contributed by atoms with Gasteiger partial charge in [0.2, 0.25) is 0 Å². The van der Waals surface area contributed by atoms with E-state index in [0.29, 0.717) is 12.0 Å². The van der Waals surface area contributed by atoms with Crippen molar-refractivity contribution in [2.45, 2.75) is 82.2 Å². The third-order valence-corrected chi connectivity index (χ3v) is 7.22. The largest absolute Gasteiger partial charge is 0.271 e. The number of hydrogen-bond donors (Lipinski definition) is 1. The zero-order valence-electron chi connectivity index (χ0n) is 14.2. The van der Waals surface area contributed by atoms with E-state index >= 15 is 0 Å². The number of nitrogens with zero attached hydrogens (tertiary/aromatic N) is 2. The second-order valence-electron chi connectivity index (χ2n) is 7.82. The molecule has 3 fully saturated rings. The number of carbonyl (C=O) groups excluding carboxylic acids is 1. The molecule has 3 unspecified atom stereocenters. The van der Waals surface area contributed by atoms with E-state index in [2.05, 4.69) is 5.43 Å². The average Bonchev–Trinajstić information content (AvgIpc) is 3.10. The lowest BCUT2D eigenvalue weighted by molar-refractivity contribution is -0.135. The predicted molar refractivity (Wildman–Crippen MR) is 95.2 cm³/mol. The van der Waals surface area contributed by atoms with Gasteiger partial charge in [-0.25, -0.2) is 15.4 Å². The van der Waals surface area contributed by atoms with Gasteiger partial charge in [0, 0.05) is 6.04 Å². The third-order valence-electron chi connectivity index (χ3n) is 6.58. The summed E-state index contributed by atoms with van der Waals surface area (Å²) >= 11 is 1.63. The number of thioether (sulfide) groups is 1. The second kappa shape index (κ2) is 6.40. The summed E-state index contributed by atoms with van der Waals surface area (Å²) in [7, 11) is 0. The van der Waals surface area contributed by atoms with Crippen molar-refractivity contribution in [3.8, 4) is 0 Å². The van der Waals surface area contributed by atoms with Gasteiger partial charge in [-0.2, -0.15) is 0 Å². The molecule has 3 saturated carbocycles. The fourth-order valence-corrected chi connectivity index (χ4v) is 5.96. The number of hydrazine groups is 1. The third kappa shape index (κ3) is 2.64. The first kappa shape index (κ1) is 15.9. The molecule has 1 heterocycles. The number of fused-ring (bicyclic) bond motifs is 2. The molecule has 23 heavy (non-hydrogen) atoms. The van der Waals surface area contributed by atoms with Crippen LogP contribution in [-0.2, 0) is 4.79 Å². The Morgan fingerprint density at radius 3 is 2.61 bits per heavy atom. The van der Waals surface area contributed by atoms with Gasteiger partial charge in [0.15, 0.2) is 5.17 Å². The Kier molecular flexibility index (Phi) is 4.43. The van der Waals surface area contributed by atoms with Crippen molar-refractivity contribution in [3.05, 3.63) is 0 Å². The monoisotopic (exact) mass is 335 g/mol. The van der Waals surface area contributed by atoms with Gasteiger partial charge in [-0.3, -0.25) is 4.79 Å². The van der Waals surface area contributed by atoms with E-state index in [1.54, 1.807) is 11.8 Å². The zero-order chi connectivity index (χ0) is 15.9. The lowest BCUT2D eigenvalue weighted by Crippen LogP contribution is -2.54. The van der Waals surface area contributed by atoms with Crippen LogP contribution >= 0.6 is 11.8 Å². The van der Waals surface area contributed by atoms with Crippen molar-refractivity contribution < 1.29 is 4.79 Å². The van der Waals surface area contributed by atoms with Crippen LogP contribution in [0.25, 0.3) is 0 Å². The molecule has 0 radical (unpaired) electrons. The van der Waals surface area contributed by atoms with Gasteiger partial charge < -0.3 is 0 Å². The smallest absolute Gasteiger partial charge is 0.270 e. The molecule has 0 aromatic heterocycles. The Morgan fingerprint density at radius 2 is 1.83 bits per heavy atom. The maximum absolute atomic E-state index is 13.4. The highest BCUT2D eigenvalue weighted by atomic mass is 32.2.